The largest absolute Gasteiger partial charge is 0.364 e. The van der Waals surface area contributed by atoms with E-state index in [1.54, 1.807) is 0 Å². The van der Waals surface area contributed by atoms with Crippen molar-refractivity contribution >= 4 is 28.2 Å². The molecule has 4 rings (SSSR count). The normalized spacial score (nSPS) is 17.8. The molecule has 4 nitrogen and oxygen atoms in total. The van der Waals surface area contributed by atoms with Crippen molar-refractivity contribution in [3.63, 3.8) is 0 Å². The molecule has 2 aromatic heterocycles. The number of rotatable bonds is 2. The van der Waals surface area contributed by atoms with Gasteiger partial charge < -0.3 is 4.90 Å². The Morgan fingerprint density at radius 3 is 2.79 bits per heavy atom. The highest BCUT2D eigenvalue weighted by atomic mass is 35.5. The fourth-order valence-electron chi connectivity index (χ4n) is 3.98. The number of hydrogen-bond donors (Lipinski definition) is 0. The number of hydrogen-bond acceptors (Lipinski definition) is 3. The molecule has 24 heavy (non-hydrogen) atoms. The fraction of sp³-hybridized carbons (Fsp3) is 0.368. The molecule has 3 heterocycles. The van der Waals surface area contributed by atoms with Gasteiger partial charge in [0.15, 0.2) is 0 Å². The molecule has 1 aliphatic heterocycles. The van der Waals surface area contributed by atoms with Crippen molar-refractivity contribution in [2.45, 2.75) is 32.7 Å². The van der Waals surface area contributed by atoms with Gasteiger partial charge in [0.25, 0.3) is 0 Å². The molecule has 1 fully saturated rings. The number of nitrogens with zero attached hydrogens (tertiary/aromatic N) is 4. The van der Waals surface area contributed by atoms with Crippen LogP contribution in [0.5, 0.6) is 0 Å². The van der Waals surface area contributed by atoms with Gasteiger partial charge in [0.2, 0.25) is 0 Å². The molecule has 1 saturated heterocycles. The molecule has 0 N–H and O–H groups in total. The van der Waals surface area contributed by atoms with Gasteiger partial charge in [-0.1, -0.05) is 11.6 Å². The van der Waals surface area contributed by atoms with Crippen molar-refractivity contribution in [2.24, 2.45) is 7.05 Å². The van der Waals surface area contributed by atoms with Gasteiger partial charge in [0, 0.05) is 47.1 Å². The predicted octanol–water partition coefficient (Wildman–Crippen LogP) is 4.58. The Bertz CT molecular complexity index is 915. The Labute approximate surface area is 147 Å². The van der Waals surface area contributed by atoms with Crippen LogP contribution in [0.25, 0.3) is 10.9 Å². The van der Waals surface area contributed by atoms with E-state index in [1.165, 1.54) is 23.4 Å². The summed E-state index contributed by atoms with van der Waals surface area (Å²) in [4.78, 5) is 6.99. The topological polar surface area (TPSA) is 34.0 Å². The van der Waals surface area contributed by atoms with Gasteiger partial charge >= 0.3 is 0 Å². The number of aromatic nitrogens is 3. The quantitative estimate of drug-likeness (QED) is 0.684. The molecule has 0 aliphatic carbocycles. The van der Waals surface area contributed by atoms with Gasteiger partial charge in [-0.2, -0.15) is 5.10 Å². The van der Waals surface area contributed by atoms with Crippen LogP contribution in [0.3, 0.4) is 0 Å². The Balaban J connectivity index is 1.84. The molecule has 1 aromatic carbocycles. The molecule has 1 unspecified atom stereocenters. The first-order valence-electron chi connectivity index (χ1n) is 8.37. The van der Waals surface area contributed by atoms with Crippen LogP contribution in [0.15, 0.2) is 30.5 Å². The number of fused-ring (bicyclic) bond motifs is 1. The second-order valence-electron chi connectivity index (χ2n) is 6.55. The lowest BCUT2D eigenvalue weighted by Crippen LogP contribution is -2.23. The molecular formula is C19H21ClN4. The smallest absolute Gasteiger partial charge is 0.0737 e. The number of aryl methyl sites for hydroxylation is 2. The summed E-state index contributed by atoms with van der Waals surface area (Å²) in [6, 6.07) is 8.46. The number of benzene rings is 1. The summed E-state index contributed by atoms with van der Waals surface area (Å²) in [6.45, 7) is 5.33. The monoisotopic (exact) mass is 340 g/mol. The van der Waals surface area contributed by atoms with Crippen molar-refractivity contribution in [3.8, 4) is 0 Å². The van der Waals surface area contributed by atoms with E-state index in [1.807, 2.05) is 30.1 Å². The van der Waals surface area contributed by atoms with E-state index in [4.69, 9.17) is 11.6 Å². The number of halogens is 1. The second-order valence-corrected chi connectivity index (χ2v) is 6.99. The zero-order chi connectivity index (χ0) is 16.8. The average molecular weight is 341 g/mol. The van der Waals surface area contributed by atoms with Gasteiger partial charge in [-0.25, -0.2) is 0 Å². The summed E-state index contributed by atoms with van der Waals surface area (Å²) in [7, 11) is 2.02. The summed E-state index contributed by atoms with van der Waals surface area (Å²) < 4.78 is 1.99. The minimum Gasteiger partial charge on any atom is -0.364 e. The van der Waals surface area contributed by atoms with Gasteiger partial charge in [-0.15, -0.1) is 0 Å². The lowest BCUT2D eigenvalue weighted by molar-refractivity contribution is 0.700. The van der Waals surface area contributed by atoms with Gasteiger partial charge in [0.1, 0.15) is 0 Å². The standard InChI is InChI=1S/C19H21ClN4/c1-12-19(13(2)23(3)22-12)18-5-4-10-24(18)17-8-9-21-16-11-14(20)6-7-15(16)17/h6-9,11,18H,4-5,10H2,1-3H3. The molecule has 0 spiro atoms. The van der Waals surface area contributed by atoms with Crippen LogP contribution < -0.4 is 4.90 Å². The molecular weight excluding hydrogens is 320 g/mol. The SMILES string of the molecule is Cc1nn(C)c(C)c1C1CCCN1c1ccnc2cc(Cl)ccc12. The minimum atomic E-state index is 0.375. The summed E-state index contributed by atoms with van der Waals surface area (Å²) in [6.07, 6.45) is 4.23. The maximum absolute atomic E-state index is 6.13. The number of pyridine rings is 1. The average Bonchev–Trinajstić information content (AvgIpc) is 3.11. The fourth-order valence-corrected chi connectivity index (χ4v) is 4.15. The zero-order valence-electron chi connectivity index (χ0n) is 14.3. The molecule has 1 atom stereocenters. The number of anilines is 1. The van der Waals surface area contributed by atoms with Crippen LogP contribution in [-0.2, 0) is 7.05 Å². The molecule has 124 valence electrons. The molecule has 5 heteroatoms. The molecule has 0 amide bonds. The summed E-state index contributed by atoms with van der Waals surface area (Å²) in [5, 5.41) is 6.50. The van der Waals surface area contributed by atoms with Crippen molar-refractivity contribution < 1.29 is 0 Å². The van der Waals surface area contributed by atoms with Crippen LogP contribution in [0.2, 0.25) is 5.02 Å². The van der Waals surface area contributed by atoms with Crippen molar-refractivity contribution in [1.82, 2.24) is 14.8 Å². The lowest BCUT2D eigenvalue weighted by atomic mass is 10.0. The van der Waals surface area contributed by atoms with Crippen LogP contribution in [0.1, 0.15) is 35.8 Å². The molecule has 1 aliphatic rings. The Hall–Kier alpha value is -2.07. The maximum Gasteiger partial charge on any atom is 0.0737 e. The molecule has 0 bridgehead atoms. The first kappa shape index (κ1) is 15.5. The lowest BCUT2D eigenvalue weighted by Gasteiger charge is -2.28. The Morgan fingerprint density at radius 1 is 1.21 bits per heavy atom. The molecule has 0 radical (unpaired) electrons. The van der Waals surface area contributed by atoms with E-state index in [0.717, 1.165) is 34.6 Å². The highest BCUT2D eigenvalue weighted by molar-refractivity contribution is 6.31. The van der Waals surface area contributed by atoms with E-state index >= 15 is 0 Å². The Morgan fingerprint density at radius 2 is 2.04 bits per heavy atom. The predicted molar refractivity (Wildman–Crippen MR) is 98.8 cm³/mol. The molecule has 3 aromatic rings. The first-order chi connectivity index (χ1) is 11.6. The summed E-state index contributed by atoms with van der Waals surface area (Å²) in [5.41, 5.74) is 5.94. The van der Waals surface area contributed by atoms with Crippen LogP contribution in [0, 0.1) is 13.8 Å². The van der Waals surface area contributed by atoms with Gasteiger partial charge in [-0.3, -0.25) is 9.67 Å². The third-order valence-corrected chi connectivity index (χ3v) is 5.38. The summed E-state index contributed by atoms with van der Waals surface area (Å²) in [5.74, 6) is 0. The third kappa shape index (κ3) is 2.37. The maximum atomic E-state index is 6.13. The second kappa shape index (κ2) is 5.78. The van der Waals surface area contributed by atoms with E-state index in [2.05, 4.69) is 41.0 Å². The van der Waals surface area contributed by atoms with E-state index in [0.29, 0.717) is 6.04 Å². The van der Waals surface area contributed by atoms with Gasteiger partial charge in [0.05, 0.1) is 17.3 Å². The van der Waals surface area contributed by atoms with E-state index in [9.17, 15) is 0 Å². The first-order valence-corrected chi connectivity index (χ1v) is 8.75. The minimum absolute atomic E-state index is 0.375. The highest BCUT2D eigenvalue weighted by Crippen LogP contribution is 2.41. The van der Waals surface area contributed by atoms with Crippen molar-refractivity contribution in [2.75, 3.05) is 11.4 Å². The van der Waals surface area contributed by atoms with Gasteiger partial charge in [-0.05, 0) is 51.0 Å². The van der Waals surface area contributed by atoms with Crippen molar-refractivity contribution in [1.29, 1.82) is 0 Å². The van der Waals surface area contributed by atoms with Crippen LogP contribution in [-0.4, -0.2) is 21.3 Å². The van der Waals surface area contributed by atoms with Crippen LogP contribution >= 0.6 is 11.6 Å². The van der Waals surface area contributed by atoms with E-state index in [-0.39, 0.29) is 0 Å². The van der Waals surface area contributed by atoms with Crippen LogP contribution in [0.4, 0.5) is 5.69 Å². The molecule has 0 saturated carbocycles. The zero-order valence-corrected chi connectivity index (χ0v) is 15.0. The van der Waals surface area contributed by atoms with E-state index < -0.39 is 0 Å². The summed E-state index contributed by atoms with van der Waals surface area (Å²) >= 11 is 6.13. The van der Waals surface area contributed by atoms with Crippen molar-refractivity contribution in [3.05, 3.63) is 52.4 Å². The third-order valence-electron chi connectivity index (χ3n) is 5.14. The Kier molecular flexibility index (Phi) is 3.72. The highest BCUT2D eigenvalue weighted by Gasteiger charge is 2.31.